The molecule has 2 aromatic heterocycles. The summed E-state index contributed by atoms with van der Waals surface area (Å²) in [7, 11) is 0. The molecule has 14 nitrogen and oxygen atoms in total. The highest BCUT2D eigenvalue weighted by molar-refractivity contribution is 7.10. The Hall–Kier alpha value is -4.16. The lowest BCUT2D eigenvalue weighted by Gasteiger charge is -2.36. The molecule has 0 spiro atoms. The molecule has 16 heteroatoms. The summed E-state index contributed by atoms with van der Waals surface area (Å²) in [6.45, 7) is 24.8. The molecular formula is C56H80N6O8S2. The van der Waals surface area contributed by atoms with Gasteiger partial charge in [0.15, 0.2) is 0 Å². The van der Waals surface area contributed by atoms with Gasteiger partial charge in [-0.3, -0.25) is 19.2 Å². The number of rotatable bonds is 7. The van der Waals surface area contributed by atoms with Crippen LogP contribution in [0.15, 0.2) is 21.9 Å². The molecule has 2 amide bonds. The van der Waals surface area contributed by atoms with E-state index in [1.807, 2.05) is 57.5 Å². The lowest BCUT2D eigenvalue weighted by atomic mass is 9.69. The number of hydrogen-bond donors (Lipinski definition) is 3. The van der Waals surface area contributed by atoms with Crippen molar-refractivity contribution >= 4 is 58.2 Å². The summed E-state index contributed by atoms with van der Waals surface area (Å²) < 4.78 is 19.4. The molecule has 0 aromatic carbocycles. The number of hydrogen-bond acceptors (Lipinski definition) is 14. The predicted molar refractivity (Wildman–Crippen MR) is 280 cm³/mol. The number of nitrogens with zero attached hydrogens (tertiary/aromatic N) is 4. The van der Waals surface area contributed by atoms with E-state index in [4.69, 9.17) is 19.2 Å². The van der Waals surface area contributed by atoms with Crippen molar-refractivity contribution in [2.45, 2.75) is 209 Å². The van der Waals surface area contributed by atoms with E-state index < -0.39 is 52.8 Å². The molecular weight excluding hydrogens is 949 g/mol. The summed E-state index contributed by atoms with van der Waals surface area (Å²) in [6.07, 6.45) is 7.90. The summed E-state index contributed by atoms with van der Waals surface area (Å²) >= 11 is 3.01. The maximum atomic E-state index is 14.6. The van der Waals surface area contributed by atoms with Crippen molar-refractivity contribution in [1.82, 2.24) is 20.6 Å². The monoisotopic (exact) mass is 1030 g/mol. The molecule has 4 aliphatic heterocycles. The number of carbonyl (C=O) groups is 4. The zero-order valence-corrected chi connectivity index (χ0v) is 46.6. The van der Waals surface area contributed by atoms with Crippen LogP contribution in [0.1, 0.15) is 169 Å². The molecule has 2 aromatic rings. The number of thiazole rings is 2. The second kappa shape index (κ2) is 23.2. The van der Waals surface area contributed by atoms with Crippen LogP contribution in [0.3, 0.4) is 0 Å². The number of nitrogens with one attached hydrogen (secondary N) is 2. The van der Waals surface area contributed by atoms with Crippen LogP contribution in [0.4, 0.5) is 0 Å². The van der Waals surface area contributed by atoms with Crippen molar-refractivity contribution in [1.29, 1.82) is 10.5 Å². The van der Waals surface area contributed by atoms with E-state index in [1.165, 1.54) is 11.3 Å². The number of aliphatic hydroxyl groups excluding tert-OH is 1. The van der Waals surface area contributed by atoms with Crippen molar-refractivity contribution < 1.29 is 38.5 Å². The highest BCUT2D eigenvalue weighted by Crippen LogP contribution is 2.47. The van der Waals surface area contributed by atoms with Crippen LogP contribution in [0.2, 0.25) is 0 Å². The first kappa shape index (κ1) is 57.1. The summed E-state index contributed by atoms with van der Waals surface area (Å²) in [5.41, 5.74) is 0.251. The SMILES string of the molecule is C/C(=C\c1csc(C)n1)C1C[C@@H]2O[C@]2(C)CCCC(C)[C@H](OCc2nc(/C=C(\C)C3C[C@@H]4O[C@]4(C)CCCC(C)[C@H](O)C(C)C(=O)C(C)(C)[C@@H](C#N)CC(=O)N3)cs2)C(C)C(=O)C(C)(C)[C@H](C#N)CC(=O)N1. The lowest BCUT2D eigenvalue weighted by Crippen LogP contribution is -2.45. The van der Waals surface area contributed by atoms with Gasteiger partial charge in [-0.1, -0.05) is 68.2 Å². The van der Waals surface area contributed by atoms with Gasteiger partial charge in [-0.15, -0.1) is 22.7 Å². The molecule has 4 saturated heterocycles. The van der Waals surface area contributed by atoms with Crippen LogP contribution < -0.4 is 10.6 Å². The summed E-state index contributed by atoms with van der Waals surface area (Å²) in [5.74, 6) is -4.28. The standard InChI is InChI=1S/C56H80N6O8S2/c1-31-16-14-18-55(12)44(69-55)25-43(62-46(63)22-38(26-57)53(8,9)51(66)35(5)49(31)65)34(4)21-41-30-72-48(60-41)28-68-50-32(2)17-15-19-56(13)45(70-56)24-42(33(3)20-40-29-71-37(7)59-40)61-47(64)23-39(27-58)54(10,11)52(67)36(50)6/h20-21,29-32,35-36,38-39,42-45,49-50,65H,14-19,22-25,28H2,1-13H3,(H,61,64)(H,62,63)/b33-20+,34-21+/t31?,32?,35?,36?,38-,39+,42?,43?,44+,45+,49+,50+,55-,56-/m1/s1. The number of nitriles is 2. The van der Waals surface area contributed by atoms with Crippen LogP contribution in [0.25, 0.3) is 12.2 Å². The Morgan fingerprint density at radius 1 is 0.750 bits per heavy atom. The van der Waals surface area contributed by atoms with Gasteiger partial charge < -0.3 is 30.0 Å². The van der Waals surface area contributed by atoms with Crippen LogP contribution in [0, 0.1) is 75.9 Å². The Morgan fingerprint density at radius 3 is 1.68 bits per heavy atom. The maximum absolute atomic E-state index is 14.6. The average molecular weight is 1030 g/mol. The Kier molecular flexibility index (Phi) is 18.4. The van der Waals surface area contributed by atoms with Crippen LogP contribution in [-0.2, 0) is 40.0 Å². The number of ketones is 2. The number of fused-ring (bicyclic) bond motifs is 2. The van der Waals surface area contributed by atoms with Crippen LogP contribution >= 0.6 is 22.7 Å². The van der Waals surface area contributed by atoms with E-state index in [0.29, 0.717) is 23.5 Å². The van der Waals surface area contributed by atoms with Crippen LogP contribution in [-0.4, -0.2) is 86.2 Å². The molecule has 0 aliphatic carbocycles. The Bertz CT molecular complexity index is 2450. The quantitative estimate of drug-likeness (QED) is 0.221. The van der Waals surface area contributed by atoms with E-state index in [9.17, 15) is 34.8 Å². The van der Waals surface area contributed by atoms with E-state index in [1.54, 1.807) is 46.0 Å². The zero-order valence-electron chi connectivity index (χ0n) is 44.9. The molecule has 0 saturated carbocycles. The third kappa shape index (κ3) is 13.6. The van der Waals surface area contributed by atoms with E-state index in [0.717, 1.165) is 60.4 Å². The molecule has 14 atom stereocenters. The second-order valence-electron chi connectivity index (χ2n) is 23.3. The van der Waals surface area contributed by atoms with Gasteiger partial charge in [-0.2, -0.15) is 10.5 Å². The second-order valence-corrected chi connectivity index (χ2v) is 25.3. The molecule has 4 fully saturated rings. The summed E-state index contributed by atoms with van der Waals surface area (Å²) in [4.78, 5) is 65.6. The number of carbonyl (C=O) groups excluding carboxylic acids is 4. The largest absolute Gasteiger partial charge is 0.392 e. The smallest absolute Gasteiger partial charge is 0.221 e. The minimum atomic E-state index is -1.17. The third-order valence-corrected chi connectivity index (χ3v) is 18.5. The Balaban J connectivity index is 1.18. The average Bonchev–Trinajstić information content (AvgIpc) is 3.96. The topological polar surface area (TPSA) is 220 Å². The van der Waals surface area contributed by atoms with Crippen molar-refractivity contribution in [3.05, 3.63) is 43.3 Å². The van der Waals surface area contributed by atoms with Gasteiger partial charge in [-0.05, 0) is 95.4 Å². The third-order valence-electron chi connectivity index (χ3n) is 16.8. The molecule has 0 radical (unpaired) electrons. The van der Waals surface area contributed by atoms with Gasteiger partial charge in [0.2, 0.25) is 11.8 Å². The van der Waals surface area contributed by atoms with Gasteiger partial charge in [0.1, 0.15) is 16.6 Å². The minimum Gasteiger partial charge on any atom is -0.392 e. The number of aryl methyl sites for hydroxylation is 1. The number of amides is 2. The van der Waals surface area contributed by atoms with Crippen molar-refractivity contribution in [2.24, 2.45) is 46.3 Å². The fourth-order valence-corrected chi connectivity index (χ4v) is 12.5. The van der Waals surface area contributed by atoms with Gasteiger partial charge in [0, 0.05) is 59.1 Å². The molecule has 3 N–H and O–H groups in total. The van der Waals surface area contributed by atoms with E-state index in [2.05, 4.69) is 48.5 Å². The van der Waals surface area contributed by atoms with Gasteiger partial charge in [0.25, 0.3) is 0 Å². The van der Waals surface area contributed by atoms with Crippen molar-refractivity contribution in [3.8, 4) is 12.1 Å². The number of Topliss-reactive ketones (excluding diaryl/α,β-unsaturated/α-hetero) is 2. The number of ether oxygens (including phenoxy) is 3. The minimum absolute atomic E-state index is 0.0383. The number of aromatic nitrogens is 2. The molecule has 6 rings (SSSR count). The summed E-state index contributed by atoms with van der Waals surface area (Å²) in [5, 5.41) is 43.9. The van der Waals surface area contributed by atoms with Gasteiger partial charge >= 0.3 is 0 Å². The van der Waals surface area contributed by atoms with E-state index >= 15 is 0 Å². The molecule has 6 heterocycles. The molecule has 0 bridgehead atoms. The fraction of sp³-hybridized carbons (Fsp3) is 0.714. The van der Waals surface area contributed by atoms with Crippen LogP contribution in [0.5, 0.6) is 0 Å². The molecule has 72 heavy (non-hydrogen) atoms. The fourth-order valence-electron chi connectivity index (χ4n) is 11.3. The summed E-state index contributed by atoms with van der Waals surface area (Å²) in [6, 6.07) is 3.78. The van der Waals surface area contributed by atoms with Gasteiger partial charge in [0.05, 0.1) is 94.7 Å². The van der Waals surface area contributed by atoms with E-state index in [-0.39, 0.29) is 84.1 Å². The molecule has 4 aliphatic rings. The normalized spacial score (nSPS) is 36.7. The first-order valence-electron chi connectivity index (χ1n) is 26.1. The highest BCUT2D eigenvalue weighted by Gasteiger charge is 2.54. The van der Waals surface area contributed by atoms with Crippen molar-refractivity contribution in [2.75, 3.05) is 0 Å². The maximum Gasteiger partial charge on any atom is 0.221 e. The number of epoxide rings is 2. The molecule has 6 unspecified atom stereocenters. The Labute approximate surface area is 436 Å². The predicted octanol–water partition coefficient (Wildman–Crippen LogP) is 9.89. The first-order valence-corrected chi connectivity index (χ1v) is 27.8. The first-order chi connectivity index (χ1) is 33.7. The molecule has 394 valence electrons. The number of aliphatic hydroxyl groups is 1. The van der Waals surface area contributed by atoms with Crippen molar-refractivity contribution in [3.63, 3.8) is 0 Å². The lowest BCUT2D eigenvalue weighted by molar-refractivity contribution is -0.141. The Morgan fingerprint density at radius 2 is 1.21 bits per heavy atom. The highest BCUT2D eigenvalue weighted by atomic mass is 32.1. The zero-order chi connectivity index (χ0) is 53.1. The van der Waals surface area contributed by atoms with Gasteiger partial charge in [-0.25, -0.2) is 9.97 Å².